The normalized spacial score (nSPS) is 25.9. The van der Waals surface area contributed by atoms with Crippen molar-refractivity contribution in [2.75, 3.05) is 5.32 Å². The van der Waals surface area contributed by atoms with Gasteiger partial charge in [0.15, 0.2) is 5.78 Å². The zero-order valence-corrected chi connectivity index (χ0v) is 20.4. The molecular formula is C28H32F3NO3. The Morgan fingerprint density at radius 2 is 1.51 bits per heavy atom. The lowest BCUT2D eigenvalue weighted by atomic mass is 9.59. The number of ketones is 1. The van der Waals surface area contributed by atoms with E-state index < -0.39 is 18.0 Å². The van der Waals surface area contributed by atoms with E-state index >= 15 is 0 Å². The first-order valence-corrected chi connectivity index (χ1v) is 12.1. The number of Topliss-reactive ketones (excluding diaryl/α,β-unsaturated/α-hetero) is 1. The second kappa shape index (κ2) is 9.32. The number of ether oxygens (including phenoxy) is 1. The van der Waals surface area contributed by atoms with Gasteiger partial charge in [0, 0.05) is 22.7 Å². The highest BCUT2D eigenvalue weighted by molar-refractivity contribution is 6.04. The summed E-state index contributed by atoms with van der Waals surface area (Å²) < 4.78 is 40.7. The number of fused-ring (bicyclic) bond motifs is 2. The van der Waals surface area contributed by atoms with Crippen molar-refractivity contribution in [3.63, 3.8) is 0 Å². The summed E-state index contributed by atoms with van der Waals surface area (Å²) in [5, 5.41) is 2.71. The van der Waals surface area contributed by atoms with Crippen molar-refractivity contribution >= 4 is 17.4 Å². The van der Waals surface area contributed by atoms with E-state index in [0.29, 0.717) is 22.6 Å². The fourth-order valence-corrected chi connectivity index (χ4v) is 6.53. The first-order valence-electron chi connectivity index (χ1n) is 12.1. The molecule has 2 aromatic carbocycles. The van der Waals surface area contributed by atoms with Gasteiger partial charge in [-0.2, -0.15) is 0 Å². The van der Waals surface area contributed by atoms with Gasteiger partial charge in [-0.25, -0.2) is 0 Å². The van der Waals surface area contributed by atoms with E-state index in [-0.39, 0.29) is 22.7 Å². The van der Waals surface area contributed by atoms with E-state index in [4.69, 9.17) is 0 Å². The Hall–Kier alpha value is -2.83. The van der Waals surface area contributed by atoms with Crippen molar-refractivity contribution in [1.82, 2.24) is 0 Å². The van der Waals surface area contributed by atoms with Crippen LogP contribution in [0.2, 0.25) is 0 Å². The number of halogens is 3. The number of hydrogen-bond donors (Lipinski definition) is 1. The van der Waals surface area contributed by atoms with Crippen LogP contribution in [0.4, 0.5) is 18.9 Å². The van der Waals surface area contributed by atoms with E-state index in [0.717, 1.165) is 37.8 Å². The van der Waals surface area contributed by atoms with Crippen molar-refractivity contribution in [2.24, 2.45) is 22.7 Å². The lowest BCUT2D eigenvalue weighted by Gasteiger charge is -2.46. The Balaban J connectivity index is 1.39. The first kappa shape index (κ1) is 25.3. The minimum atomic E-state index is -4.78. The molecule has 1 N–H and O–H groups in total. The molecule has 2 aliphatic carbocycles. The van der Waals surface area contributed by atoms with Crippen LogP contribution in [0.15, 0.2) is 48.5 Å². The van der Waals surface area contributed by atoms with Gasteiger partial charge >= 0.3 is 6.36 Å². The predicted molar refractivity (Wildman–Crippen MR) is 128 cm³/mol. The second-order valence-electron chi connectivity index (χ2n) is 11.4. The molecule has 0 aliphatic heterocycles. The molecule has 1 amide bonds. The van der Waals surface area contributed by atoms with Gasteiger partial charge in [0.1, 0.15) is 5.75 Å². The summed E-state index contributed by atoms with van der Waals surface area (Å²) in [5.74, 6) is 0.00528. The van der Waals surface area contributed by atoms with Crippen LogP contribution >= 0.6 is 0 Å². The van der Waals surface area contributed by atoms with Crippen LogP contribution < -0.4 is 10.1 Å². The lowest BCUT2D eigenvalue weighted by Crippen LogP contribution is -2.35. The number of hydrogen-bond acceptors (Lipinski definition) is 3. The third-order valence-electron chi connectivity index (χ3n) is 7.34. The summed E-state index contributed by atoms with van der Waals surface area (Å²) in [7, 11) is 0. The van der Waals surface area contributed by atoms with Crippen molar-refractivity contribution in [3.8, 4) is 5.75 Å². The monoisotopic (exact) mass is 487 g/mol. The van der Waals surface area contributed by atoms with Crippen LogP contribution in [-0.2, 0) is 0 Å². The number of carbonyl (C=O) groups is 2. The van der Waals surface area contributed by atoms with Gasteiger partial charge in [0.05, 0.1) is 0 Å². The summed E-state index contributed by atoms with van der Waals surface area (Å²) in [4.78, 5) is 25.8. The molecule has 2 fully saturated rings. The number of amides is 1. The fraction of sp³-hybridized carbons (Fsp3) is 0.500. The summed E-state index contributed by atoms with van der Waals surface area (Å²) in [6, 6.07) is 11.6. The standard InChI is InChI=1S/C28H32F3NO3/c1-26(2)14-18-4-5-21(16-27(3,15-18)17-26)24(33)19-6-10-22(11-7-19)32-25(34)20-8-12-23(13-9-20)35-28(29,30)31/h6-13,18,21H,4-5,14-17H2,1-3H3,(H,32,34). The van der Waals surface area contributed by atoms with Crippen LogP contribution in [0, 0.1) is 22.7 Å². The molecule has 3 unspecified atom stereocenters. The Labute approximate surface area is 204 Å². The van der Waals surface area contributed by atoms with Crippen molar-refractivity contribution in [2.45, 2.75) is 65.7 Å². The molecule has 188 valence electrons. The lowest BCUT2D eigenvalue weighted by molar-refractivity contribution is -0.274. The molecule has 0 spiro atoms. The molecule has 3 atom stereocenters. The SMILES string of the molecule is CC1(C)CC2CCC(C(=O)c3ccc(NC(=O)c4ccc(OC(F)(F)F)cc4)cc3)CC(C)(C2)C1. The number of benzene rings is 2. The quantitative estimate of drug-likeness (QED) is 0.441. The molecule has 7 heteroatoms. The maximum Gasteiger partial charge on any atom is 0.573 e. The zero-order valence-electron chi connectivity index (χ0n) is 20.4. The van der Waals surface area contributed by atoms with Gasteiger partial charge in [-0.15, -0.1) is 13.2 Å². The van der Waals surface area contributed by atoms with Gasteiger partial charge in [0.25, 0.3) is 5.91 Å². The van der Waals surface area contributed by atoms with E-state index in [1.807, 2.05) is 0 Å². The Morgan fingerprint density at radius 1 is 0.886 bits per heavy atom. The maximum atomic E-state index is 13.4. The molecule has 2 saturated carbocycles. The predicted octanol–water partition coefficient (Wildman–Crippen LogP) is 7.65. The average molecular weight is 488 g/mol. The highest BCUT2D eigenvalue weighted by Crippen LogP contribution is 2.55. The molecule has 35 heavy (non-hydrogen) atoms. The van der Waals surface area contributed by atoms with Crippen molar-refractivity contribution < 1.29 is 27.5 Å². The smallest absolute Gasteiger partial charge is 0.406 e. The Bertz CT molecular complexity index is 1080. The highest BCUT2D eigenvalue weighted by atomic mass is 19.4. The third-order valence-corrected chi connectivity index (χ3v) is 7.34. The Morgan fingerprint density at radius 3 is 2.14 bits per heavy atom. The maximum absolute atomic E-state index is 13.4. The van der Waals surface area contributed by atoms with Crippen molar-refractivity contribution in [3.05, 3.63) is 59.7 Å². The molecule has 0 aromatic heterocycles. The molecule has 4 nitrogen and oxygen atoms in total. The number of rotatable bonds is 5. The van der Waals surface area contributed by atoms with Crippen LogP contribution in [0.5, 0.6) is 5.75 Å². The molecule has 2 aromatic rings. The summed E-state index contributed by atoms with van der Waals surface area (Å²) >= 11 is 0. The van der Waals surface area contributed by atoms with Gasteiger partial charge in [-0.3, -0.25) is 9.59 Å². The van der Waals surface area contributed by atoms with E-state index in [2.05, 4.69) is 30.8 Å². The minimum absolute atomic E-state index is 0.0109. The number of carbonyl (C=O) groups excluding carboxylic acids is 2. The topological polar surface area (TPSA) is 55.4 Å². The largest absolute Gasteiger partial charge is 0.573 e. The van der Waals surface area contributed by atoms with E-state index in [1.54, 1.807) is 24.3 Å². The van der Waals surface area contributed by atoms with Gasteiger partial charge in [-0.1, -0.05) is 20.8 Å². The third kappa shape index (κ3) is 6.44. The molecule has 0 radical (unpaired) electrons. The first-order chi connectivity index (χ1) is 16.3. The molecule has 0 saturated heterocycles. The summed E-state index contributed by atoms with van der Waals surface area (Å²) in [6.07, 6.45) is 1.72. The minimum Gasteiger partial charge on any atom is -0.406 e. The molecular weight excluding hydrogens is 455 g/mol. The highest BCUT2D eigenvalue weighted by Gasteiger charge is 2.45. The molecule has 0 heterocycles. The zero-order chi connectivity index (χ0) is 25.4. The van der Waals surface area contributed by atoms with Gasteiger partial charge in [0.2, 0.25) is 0 Å². The second-order valence-corrected chi connectivity index (χ2v) is 11.4. The van der Waals surface area contributed by atoms with Crippen LogP contribution in [0.3, 0.4) is 0 Å². The van der Waals surface area contributed by atoms with Crippen molar-refractivity contribution in [1.29, 1.82) is 0 Å². The van der Waals surface area contributed by atoms with Crippen LogP contribution in [0.1, 0.15) is 80.0 Å². The molecule has 2 bridgehead atoms. The fourth-order valence-electron chi connectivity index (χ4n) is 6.53. The number of anilines is 1. The average Bonchev–Trinajstić information content (AvgIpc) is 2.87. The van der Waals surface area contributed by atoms with E-state index in [9.17, 15) is 22.8 Å². The molecule has 4 rings (SSSR count). The summed E-state index contributed by atoms with van der Waals surface area (Å²) in [5.41, 5.74) is 1.85. The van der Waals surface area contributed by atoms with E-state index in [1.165, 1.54) is 25.0 Å². The number of alkyl halides is 3. The number of nitrogens with one attached hydrogen (secondary N) is 1. The summed E-state index contributed by atoms with van der Waals surface area (Å²) in [6.45, 7) is 7.03. The van der Waals surface area contributed by atoms with Gasteiger partial charge in [-0.05, 0) is 104 Å². The van der Waals surface area contributed by atoms with Crippen LogP contribution in [-0.4, -0.2) is 18.1 Å². The van der Waals surface area contributed by atoms with Gasteiger partial charge < -0.3 is 10.1 Å². The molecule has 2 aliphatic rings. The Kier molecular flexibility index (Phi) is 6.73. The van der Waals surface area contributed by atoms with Crippen LogP contribution in [0.25, 0.3) is 0 Å².